The zero-order valence-corrected chi connectivity index (χ0v) is 17.5. The fourth-order valence-corrected chi connectivity index (χ4v) is 3.37. The number of nitrogens with zero attached hydrogens (tertiary/aromatic N) is 5. The van der Waals surface area contributed by atoms with Crippen molar-refractivity contribution in [2.45, 2.75) is 25.9 Å². The molecule has 2 aromatic heterocycles. The van der Waals surface area contributed by atoms with E-state index < -0.39 is 5.56 Å². The predicted octanol–water partition coefficient (Wildman–Crippen LogP) is 2.44. The lowest BCUT2D eigenvalue weighted by Crippen LogP contribution is -2.33. The summed E-state index contributed by atoms with van der Waals surface area (Å²) in [5, 5.41) is 11.5. The first-order valence-electron chi connectivity index (χ1n) is 9.94. The van der Waals surface area contributed by atoms with Gasteiger partial charge in [0.05, 0.1) is 6.54 Å². The number of aromatic nitrogens is 5. The van der Waals surface area contributed by atoms with Crippen molar-refractivity contribution in [2.75, 3.05) is 6.54 Å². The highest BCUT2D eigenvalue weighted by molar-refractivity contribution is 6.30. The monoisotopic (exact) mass is 436 g/mol. The minimum Gasteiger partial charge on any atom is -0.355 e. The minimum atomic E-state index is -0.396. The maximum atomic E-state index is 12.7. The Hall–Kier alpha value is -3.52. The van der Waals surface area contributed by atoms with Crippen LogP contribution in [0.15, 0.2) is 65.7 Å². The first kappa shape index (κ1) is 20.7. The number of carbonyl (C=O) groups excluding carboxylic acids is 1. The average molecular weight is 437 g/mol. The van der Waals surface area contributed by atoms with Crippen molar-refractivity contribution >= 4 is 28.7 Å². The molecule has 4 rings (SSSR count). The molecule has 0 aliphatic heterocycles. The zero-order valence-electron chi connectivity index (χ0n) is 16.7. The van der Waals surface area contributed by atoms with Gasteiger partial charge in [-0.3, -0.25) is 14.2 Å². The Bertz CT molecular complexity index is 1230. The molecule has 0 fully saturated rings. The summed E-state index contributed by atoms with van der Waals surface area (Å²) in [6, 6.07) is 17.4. The number of fused-ring (bicyclic) bond motifs is 1. The smallest absolute Gasteiger partial charge is 0.283 e. The normalized spacial score (nSPS) is 11.0. The third-order valence-corrected chi connectivity index (χ3v) is 5.11. The van der Waals surface area contributed by atoms with Crippen LogP contribution < -0.4 is 10.9 Å². The average Bonchev–Trinajstić information content (AvgIpc) is 3.19. The van der Waals surface area contributed by atoms with Crippen LogP contribution in [0.4, 0.5) is 0 Å². The summed E-state index contributed by atoms with van der Waals surface area (Å²) in [4.78, 5) is 29.2. The molecule has 8 nitrogen and oxygen atoms in total. The van der Waals surface area contributed by atoms with Crippen LogP contribution in [0.25, 0.3) is 11.2 Å². The summed E-state index contributed by atoms with van der Waals surface area (Å²) < 4.78 is 2.80. The molecular formula is C22H21ClN6O2. The fourth-order valence-electron chi connectivity index (χ4n) is 3.24. The number of nitrogens with one attached hydrogen (secondary N) is 1. The lowest BCUT2D eigenvalue weighted by atomic mass is 10.1. The third kappa shape index (κ3) is 5.16. The summed E-state index contributed by atoms with van der Waals surface area (Å²) in [5.41, 5.74) is 2.29. The molecule has 0 aliphatic rings. The van der Waals surface area contributed by atoms with Crippen molar-refractivity contribution in [2.24, 2.45) is 0 Å². The number of benzene rings is 2. The summed E-state index contributed by atoms with van der Waals surface area (Å²) in [6.07, 6.45) is 3.06. The van der Waals surface area contributed by atoms with Crippen molar-refractivity contribution in [1.82, 2.24) is 29.9 Å². The van der Waals surface area contributed by atoms with Crippen LogP contribution in [0.2, 0.25) is 5.02 Å². The van der Waals surface area contributed by atoms with Crippen LogP contribution in [0, 0.1) is 0 Å². The van der Waals surface area contributed by atoms with Gasteiger partial charge in [0, 0.05) is 11.6 Å². The van der Waals surface area contributed by atoms with Crippen LogP contribution in [0.3, 0.4) is 0 Å². The number of carbonyl (C=O) groups is 1. The van der Waals surface area contributed by atoms with E-state index in [1.165, 1.54) is 16.5 Å². The molecule has 2 heterocycles. The van der Waals surface area contributed by atoms with Crippen molar-refractivity contribution in [3.05, 3.63) is 87.4 Å². The Morgan fingerprint density at radius 3 is 2.58 bits per heavy atom. The molecular weight excluding hydrogens is 416 g/mol. The van der Waals surface area contributed by atoms with Crippen molar-refractivity contribution in [3.63, 3.8) is 0 Å². The summed E-state index contributed by atoms with van der Waals surface area (Å²) in [7, 11) is 0. The Morgan fingerprint density at radius 2 is 1.81 bits per heavy atom. The molecule has 0 atom stereocenters. The van der Waals surface area contributed by atoms with Gasteiger partial charge in [-0.2, -0.15) is 0 Å². The van der Waals surface area contributed by atoms with E-state index in [9.17, 15) is 9.59 Å². The van der Waals surface area contributed by atoms with E-state index in [0.29, 0.717) is 23.8 Å². The highest BCUT2D eigenvalue weighted by atomic mass is 35.5. The maximum Gasteiger partial charge on any atom is 0.283 e. The van der Waals surface area contributed by atoms with Crippen LogP contribution in [0.1, 0.15) is 17.5 Å². The lowest BCUT2D eigenvalue weighted by Gasteiger charge is -2.07. The number of hydrogen-bond acceptors (Lipinski definition) is 5. The number of hydrogen-bond donors (Lipinski definition) is 1. The van der Waals surface area contributed by atoms with Gasteiger partial charge in [-0.25, -0.2) is 9.67 Å². The van der Waals surface area contributed by atoms with Gasteiger partial charge in [0.25, 0.3) is 5.56 Å². The van der Waals surface area contributed by atoms with Crippen LogP contribution in [0.5, 0.6) is 0 Å². The first-order valence-corrected chi connectivity index (χ1v) is 10.3. The second kappa shape index (κ2) is 9.53. The maximum absolute atomic E-state index is 12.7. The van der Waals surface area contributed by atoms with Gasteiger partial charge in [0.2, 0.25) is 5.91 Å². The Balaban J connectivity index is 1.37. The predicted molar refractivity (Wildman–Crippen MR) is 118 cm³/mol. The molecule has 9 heteroatoms. The highest BCUT2D eigenvalue weighted by Gasteiger charge is 2.14. The Kier molecular flexibility index (Phi) is 6.37. The summed E-state index contributed by atoms with van der Waals surface area (Å²) in [6.45, 7) is 0.832. The van der Waals surface area contributed by atoms with E-state index in [2.05, 4.69) is 32.7 Å². The molecule has 2 aromatic carbocycles. The molecule has 0 spiro atoms. The van der Waals surface area contributed by atoms with Crippen molar-refractivity contribution in [3.8, 4) is 0 Å². The lowest BCUT2D eigenvalue weighted by molar-refractivity contribution is -0.121. The van der Waals surface area contributed by atoms with Gasteiger partial charge in [-0.15, -0.1) is 5.10 Å². The molecule has 0 saturated carbocycles. The van der Waals surface area contributed by atoms with Gasteiger partial charge < -0.3 is 5.32 Å². The van der Waals surface area contributed by atoms with Crippen molar-refractivity contribution < 1.29 is 4.79 Å². The highest BCUT2D eigenvalue weighted by Crippen LogP contribution is 2.12. The number of rotatable bonds is 8. The molecule has 1 N–H and O–H groups in total. The minimum absolute atomic E-state index is 0.114. The SMILES string of the molecule is O=C(Cn1cnc2c(nnn2Cc2ccc(Cl)cc2)c1=O)NCCCc1ccccc1. The van der Waals surface area contributed by atoms with Gasteiger partial charge in [-0.1, -0.05) is 59.3 Å². The van der Waals surface area contributed by atoms with Crippen LogP contribution in [-0.2, 0) is 24.3 Å². The number of aryl methyl sites for hydroxylation is 1. The second-order valence-electron chi connectivity index (χ2n) is 7.16. The molecule has 158 valence electrons. The molecule has 1 amide bonds. The quantitative estimate of drug-likeness (QED) is 0.428. The van der Waals surface area contributed by atoms with E-state index in [0.717, 1.165) is 18.4 Å². The van der Waals surface area contributed by atoms with Crippen molar-refractivity contribution in [1.29, 1.82) is 0 Å². The Morgan fingerprint density at radius 1 is 1.03 bits per heavy atom. The van der Waals surface area contributed by atoms with E-state index in [-0.39, 0.29) is 18.0 Å². The zero-order chi connectivity index (χ0) is 21.6. The third-order valence-electron chi connectivity index (χ3n) is 4.86. The summed E-state index contributed by atoms with van der Waals surface area (Å²) >= 11 is 5.91. The second-order valence-corrected chi connectivity index (χ2v) is 7.60. The fraction of sp³-hybridized carbons (Fsp3) is 0.227. The standard InChI is InChI=1S/C22H21ClN6O2/c23-18-10-8-17(9-11-18)13-29-21-20(26-27-29)22(31)28(15-25-21)14-19(30)24-12-4-7-16-5-2-1-3-6-16/h1-3,5-6,8-11,15H,4,7,12-14H2,(H,24,30). The Labute approximate surface area is 183 Å². The first-order chi connectivity index (χ1) is 15.1. The van der Waals surface area contributed by atoms with Crippen LogP contribution >= 0.6 is 11.6 Å². The van der Waals surface area contributed by atoms with Gasteiger partial charge in [0.15, 0.2) is 11.2 Å². The van der Waals surface area contributed by atoms with E-state index in [1.54, 1.807) is 16.8 Å². The molecule has 31 heavy (non-hydrogen) atoms. The van der Waals surface area contributed by atoms with E-state index in [1.807, 2.05) is 30.3 Å². The molecule has 0 saturated heterocycles. The molecule has 0 radical (unpaired) electrons. The van der Waals surface area contributed by atoms with Crippen LogP contribution in [-0.4, -0.2) is 37.0 Å². The summed E-state index contributed by atoms with van der Waals surface area (Å²) in [5.74, 6) is -0.245. The van der Waals surface area contributed by atoms with E-state index in [4.69, 9.17) is 11.6 Å². The molecule has 0 bridgehead atoms. The number of amides is 1. The van der Waals surface area contributed by atoms with Gasteiger partial charge in [-0.05, 0) is 36.1 Å². The molecule has 0 unspecified atom stereocenters. The largest absolute Gasteiger partial charge is 0.355 e. The number of halogens is 1. The van der Waals surface area contributed by atoms with Gasteiger partial charge >= 0.3 is 0 Å². The molecule has 0 aliphatic carbocycles. The molecule has 4 aromatic rings. The van der Waals surface area contributed by atoms with E-state index >= 15 is 0 Å². The van der Waals surface area contributed by atoms with Gasteiger partial charge in [0.1, 0.15) is 12.9 Å². The topological polar surface area (TPSA) is 94.7 Å².